The molecule has 0 amide bonds. The molecule has 94 valence electrons. The van der Waals surface area contributed by atoms with Crippen molar-refractivity contribution >= 4 is 0 Å². The lowest BCUT2D eigenvalue weighted by molar-refractivity contribution is 0.326. The molecule has 1 aromatic carbocycles. The van der Waals surface area contributed by atoms with Crippen LogP contribution in [-0.2, 0) is 6.54 Å². The summed E-state index contributed by atoms with van der Waals surface area (Å²) in [5, 5.41) is 7.05. The van der Waals surface area contributed by atoms with Gasteiger partial charge in [0, 0.05) is 30.9 Å². The van der Waals surface area contributed by atoms with Crippen LogP contribution in [0, 0.1) is 5.82 Å². The van der Waals surface area contributed by atoms with E-state index >= 15 is 0 Å². The van der Waals surface area contributed by atoms with Crippen LogP contribution in [0.3, 0.4) is 0 Å². The maximum absolute atomic E-state index is 12.8. The zero-order valence-corrected chi connectivity index (χ0v) is 10.1. The van der Waals surface area contributed by atoms with E-state index in [1.165, 1.54) is 23.4 Å². The number of rotatable bonds is 3. The minimum atomic E-state index is -0.171. The summed E-state index contributed by atoms with van der Waals surface area (Å²) in [5.74, 6) is 0.378. The van der Waals surface area contributed by atoms with Crippen molar-refractivity contribution in [1.82, 2.24) is 15.1 Å². The molecule has 0 spiro atoms. The molecule has 2 aromatic rings. The molecule has 1 aromatic heterocycles. The fourth-order valence-corrected chi connectivity index (χ4v) is 2.57. The summed E-state index contributed by atoms with van der Waals surface area (Å²) in [6, 6.07) is 8.82. The molecule has 0 aliphatic carbocycles. The molecule has 0 bridgehead atoms. The Balaban J connectivity index is 1.61. The minimum Gasteiger partial charge on any atom is -0.298 e. The van der Waals surface area contributed by atoms with E-state index < -0.39 is 0 Å². The first-order valence-electron chi connectivity index (χ1n) is 6.27. The van der Waals surface area contributed by atoms with Gasteiger partial charge in [0.1, 0.15) is 5.82 Å². The first-order chi connectivity index (χ1) is 8.81. The van der Waals surface area contributed by atoms with Crippen LogP contribution in [0.4, 0.5) is 4.39 Å². The third kappa shape index (κ3) is 2.43. The second-order valence-electron chi connectivity index (χ2n) is 4.86. The molecule has 0 unspecified atom stereocenters. The lowest BCUT2D eigenvalue weighted by Gasteiger charge is -2.15. The van der Waals surface area contributed by atoms with Crippen molar-refractivity contribution in [2.45, 2.75) is 18.9 Å². The van der Waals surface area contributed by atoms with Crippen LogP contribution in [0.25, 0.3) is 0 Å². The van der Waals surface area contributed by atoms with Gasteiger partial charge in [-0.2, -0.15) is 5.10 Å². The predicted octanol–water partition coefficient (Wildman–Crippen LogP) is 2.54. The Hall–Kier alpha value is -1.68. The maximum atomic E-state index is 12.8. The maximum Gasteiger partial charge on any atom is 0.123 e. The van der Waals surface area contributed by atoms with E-state index in [4.69, 9.17) is 0 Å². The lowest BCUT2D eigenvalue weighted by Crippen LogP contribution is -2.19. The van der Waals surface area contributed by atoms with E-state index in [-0.39, 0.29) is 5.82 Å². The molecule has 2 heterocycles. The Morgan fingerprint density at radius 1 is 1.28 bits per heavy atom. The Labute approximate surface area is 106 Å². The zero-order chi connectivity index (χ0) is 12.4. The molecular weight excluding hydrogens is 229 g/mol. The van der Waals surface area contributed by atoms with Crippen LogP contribution in [0.15, 0.2) is 36.5 Å². The fourth-order valence-electron chi connectivity index (χ4n) is 2.57. The number of nitrogens with zero attached hydrogens (tertiary/aromatic N) is 2. The van der Waals surface area contributed by atoms with Gasteiger partial charge in [0.05, 0.1) is 0 Å². The van der Waals surface area contributed by atoms with Crippen LogP contribution in [0.1, 0.15) is 23.6 Å². The first kappa shape index (κ1) is 11.4. The average molecular weight is 245 g/mol. The summed E-state index contributed by atoms with van der Waals surface area (Å²) in [7, 11) is 0. The van der Waals surface area contributed by atoms with Crippen molar-refractivity contribution in [1.29, 1.82) is 0 Å². The van der Waals surface area contributed by atoms with Gasteiger partial charge in [-0.05, 0) is 36.7 Å². The topological polar surface area (TPSA) is 31.9 Å². The van der Waals surface area contributed by atoms with Gasteiger partial charge in [-0.1, -0.05) is 12.1 Å². The van der Waals surface area contributed by atoms with Gasteiger partial charge in [-0.25, -0.2) is 4.39 Å². The van der Waals surface area contributed by atoms with E-state index in [0.29, 0.717) is 5.92 Å². The molecule has 3 nitrogen and oxygen atoms in total. The highest BCUT2D eigenvalue weighted by Crippen LogP contribution is 2.26. The molecular formula is C14H16FN3. The van der Waals surface area contributed by atoms with Gasteiger partial charge in [0.2, 0.25) is 0 Å². The number of hydrogen-bond acceptors (Lipinski definition) is 2. The summed E-state index contributed by atoms with van der Waals surface area (Å²) in [6.07, 6.45) is 2.96. The van der Waals surface area contributed by atoms with Gasteiger partial charge >= 0.3 is 0 Å². The van der Waals surface area contributed by atoms with Crippen LogP contribution in [-0.4, -0.2) is 28.2 Å². The quantitative estimate of drug-likeness (QED) is 0.901. The number of H-pyrrole nitrogens is 1. The molecule has 0 saturated carbocycles. The van der Waals surface area contributed by atoms with Gasteiger partial charge in [0.15, 0.2) is 0 Å². The molecule has 3 rings (SSSR count). The van der Waals surface area contributed by atoms with Gasteiger partial charge in [0.25, 0.3) is 0 Å². The highest BCUT2D eigenvalue weighted by molar-refractivity contribution is 5.17. The number of benzene rings is 1. The Morgan fingerprint density at radius 2 is 2.11 bits per heavy atom. The summed E-state index contributed by atoms with van der Waals surface area (Å²) in [6.45, 7) is 3.02. The summed E-state index contributed by atoms with van der Waals surface area (Å²) >= 11 is 0. The smallest absolute Gasteiger partial charge is 0.123 e. The Kier molecular flexibility index (Phi) is 3.11. The Bertz CT molecular complexity index is 492. The van der Waals surface area contributed by atoms with Crippen LogP contribution >= 0.6 is 0 Å². The van der Waals surface area contributed by atoms with E-state index in [1.54, 1.807) is 6.20 Å². The SMILES string of the molecule is Fc1ccc(CN2CC[C@@H](c3ccn[nH]3)C2)cc1. The highest BCUT2D eigenvalue weighted by Gasteiger charge is 2.24. The number of hydrogen-bond donors (Lipinski definition) is 1. The van der Waals surface area contributed by atoms with E-state index in [0.717, 1.165) is 26.1 Å². The summed E-state index contributed by atoms with van der Waals surface area (Å²) < 4.78 is 12.8. The van der Waals surface area contributed by atoms with Crippen molar-refractivity contribution < 1.29 is 4.39 Å². The number of halogens is 1. The molecule has 0 radical (unpaired) electrons. The first-order valence-corrected chi connectivity index (χ1v) is 6.27. The number of aromatic amines is 1. The van der Waals surface area contributed by atoms with Crippen molar-refractivity contribution in [2.75, 3.05) is 13.1 Å². The van der Waals surface area contributed by atoms with Crippen molar-refractivity contribution in [3.8, 4) is 0 Å². The summed E-state index contributed by atoms with van der Waals surface area (Å²) in [4.78, 5) is 2.40. The molecule has 1 atom stereocenters. The average Bonchev–Trinajstić information content (AvgIpc) is 3.02. The van der Waals surface area contributed by atoms with Gasteiger partial charge in [-0.3, -0.25) is 10.00 Å². The van der Waals surface area contributed by atoms with Gasteiger partial charge < -0.3 is 0 Å². The molecule has 1 aliphatic rings. The standard InChI is InChI=1S/C14H16FN3/c15-13-3-1-11(2-4-13)9-18-8-6-12(10-18)14-5-7-16-17-14/h1-5,7,12H,6,8-10H2,(H,16,17)/t12-/m1/s1. The largest absolute Gasteiger partial charge is 0.298 e. The zero-order valence-electron chi connectivity index (χ0n) is 10.1. The third-order valence-corrected chi connectivity index (χ3v) is 3.55. The second kappa shape index (κ2) is 4.90. The molecule has 1 saturated heterocycles. The van der Waals surface area contributed by atoms with Crippen molar-refractivity contribution in [3.63, 3.8) is 0 Å². The van der Waals surface area contributed by atoms with Gasteiger partial charge in [-0.15, -0.1) is 0 Å². The minimum absolute atomic E-state index is 0.171. The number of nitrogens with one attached hydrogen (secondary N) is 1. The Morgan fingerprint density at radius 3 is 2.83 bits per heavy atom. The van der Waals surface area contributed by atoms with Crippen LogP contribution in [0.5, 0.6) is 0 Å². The monoisotopic (exact) mass is 245 g/mol. The predicted molar refractivity (Wildman–Crippen MR) is 67.6 cm³/mol. The lowest BCUT2D eigenvalue weighted by atomic mass is 10.1. The van der Waals surface area contributed by atoms with E-state index in [9.17, 15) is 4.39 Å². The van der Waals surface area contributed by atoms with E-state index in [1.807, 2.05) is 18.2 Å². The second-order valence-corrected chi connectivity index (χ2v) is 4.86. The van der Waals surface area contributed by atoms with Crippen LogP contribution < -0.4 is 0 Å². The summed E-state index contributed by atoms with van der Waals surface area (Å²) in [5.41, 5.74) is 2.39. The number of aromatic nitrogens is 2. The molecule has 1 N–H and O–H groups in total. The third-order valence-electron chi connectivity index (χ3n) is 3.55. The number of likely N-dealkylation sites (tertiary alicyclic amines) is 1. The van der Waals surface area contributed by atoms with E-state index in [2.05, 4.69) is 15.1 Å². The molecule has 1 fully saturated rings. The fraction of sp³-hybridized carbons (Fsp3) is 0.357. The normalized spacial score (nSPS) is 20.4. The van der Waals surface area contributed by atoms with Crippen molar-refractivity contribution in [2.24, 2.45) is 0 Å². The van der Waals surface area contributed by atoms with Crippen LogP contribution in [0.2, 0.25) is 0 Å². The molecule has 18 heavy (non-hydrogen) atoms. The highest BCUT2D eigenvalue weighted by atomic mass is 19.1. The molecule has 1 aliphatic heterocycles. The van der Waals surface area contributed by atoms with Crippen molar-refractivity contribution in [3.05, 3.63) is 53.6 Å². The molecule has 4 heteroatoms.